The second-order valence-electron chi connectivity index (χ2n) is 4.88. The van der Waals surface area contributed by atoms with Crippen molar-refractivity contribution in [2.75, 3.05) is 11.9 Å². The van der Waals surface area contributed by atoms with Gasteiger partial charge in [-0.05, 0) is 50.2 Å². The van der Waals surface area contributed by atoms with Crippen molar-refractivity contribution < 1.29 is 27.4 Å². The van der Waals surface area contributed by atoms with Crippen molar-refractivity contribution in [3.63, 3.8) is 0 Å². The van der Waals surface area contributed by atoms with E-state index in [0.29, 0.717) is 18.1 Å². The molecule has 0 aliphatic rings. The van der Waals surface area contributed by atoms with Gasteiger partial charge in [0.1, 0.15) is 11.5 Å². The normalized spacial score (nSPS) is 11.7. The Bertz CT molecular complexity index is 720. The van der Waals surface area contributed by atoms with Gasteiger partial charge in [0.05, 0.1) is 12.3 Å². The molecule has 0 aliphatic heterocycles. The van der Waals surface area contributed by atoms with Crippen LogP contribution in [0.5, 0.6) is 11.5 Å². The van der Waals surface area contributed by atoms with E-state index < -0.39 is 35.2 Å². The van der Waals surface area contributed by atoms with Crippen molar-refractivity contribution in [1.29, 1.82) is 0 Å². The van der Waals surface area contributed by atoms with Crippen LogP contribution in [0.25, 0.3) is 0 Å². The molecule has 1 amide bonds. The van der Waals surface area contributed by atoms with Gasteiger partial charge in [0, 0.05) is 0 Å². The van der Waals surface area contributed by atoms with E-state index in [4.69, 9.17) is 9.47 Å². The van der Waals surface area contributed by atoms with Crippen LogP contribution in [0.4, 0.5) is 18.9 Å². The van der Waals surface area contributed by atoms with E-state index in [9.17, 15) is 18.0 Å². The lowest BCUT2D eigenvalue weighted by Gasteiger charge is -2.15. The molecule has 24 heavy (non-hydrogen) atoms. The zero-order chi connectivity index (χ0) is 17.7. The standard InChI is InChI=1S/C17H16F3NO3/c1-3-23-11-4-6-12(7-5-11)24-10(2)17(22)21-14-9-8-13(18)15(19)16(14)20/h4-10H,3H2,1-2H3,(H,21,22). The Kier molecular flexibility index (Phi) is 5.68. The van der Waals surface area contributed by atoms with E-state index in [-0.39, 0.29) is 0 Å². The van der Waals surface area contributed by atoms with Crippen molar-refractivity contribution in [1.82, 2.24) is 0 Å². The van der Waals surface area contributed by atoms with Gasteiger partial charge >= 0.3 is 0 Å². The Balaban J connectivity index is 2.01. The highest BCUT2D eigenvalue weighted by molar-refractivity contribution is 5.94. The van der Waals surface area contributed by atoms with Crippen molar-refractivity contribution in [3.05, 3.63) is 53.8 Å². The number of carbonyl (C=O) groups excluding carboxylic acids is 1. The molecule has 2 rings (SSSR count). The molecule has 1 unspecified atom stereocenters. The summed E-state index contributed by atoms with van der Waals surface area (Å²) in [6, 6.07) is 8.26. The molecule has 2 aromatic rings. The number of ether oxygens (including phenoxy) is 2. The van der Waals surface area contributed by atoms with E-state index in [1.54, 1.807) is 24.3 Å². The molecule has 2 aromatic carbocycles. The first-order valence-electron chi connectivity index (χ1n) is 7.26. The zero-order valence-electron chi connectivity index (χ0n) is 13.1. The van der Waals surface area contributed by atoms with E-state index >= 15 is 0 Å². The topological polar surface area (TPSA) is 47.6 Å². The summed E-state index contributed by atoms with van der Waals surface area (Å²) in [5, 5.41) is 2.16. The molecule has 4 nitrogen and oxygen atoms in total. The second-order valence-corrected chi connectivity index (χ2v) is 4.88. The Labute approximate surface area is 137 Å². The molecule has 1 N–H and O–H groups in total. The number of anilines is 1. The molecule has 0 aromatic heterocycles. The van der Waals surface area contributed by atoms with Crippen LogP contribution in [0.15, 0.2) is 36.4 Å². The van der Waals surface area contributed by atoms with Gasteiger partial charge in [-0.1, -0.05) is 0 Å². The molecule has 1 atom stereocenters. The average Bonchev–Trinajstić information content (AvgIpc) is 2.57. The summed E-state index contributed by atoms with van der Waals surface area (Å²) >= 11 is 0. The highest BCUT2D eigenvalue weighted by Crippen LogP contribution is 2.21. The monoisotopic (exact) mass is 339 g/mol. The first-order chi connectivity index (χ1) is 11.4. The van der Waals surface area contributed by atoms with E-state index in [1.807, 2.05) is 6.92 Å². The molecule has 128 valence electrons. The third-order valence-corrected chi connectivity index (χ3v) is 3.11. The molecule has 0 saturated heterocycles. The van der Waals surface area contributed by atoms with Crippen LogP contribution in [0.3, 0.4) is 0 Å². The van der Waals surface area contributed by atoms with Crippen molar-refractivity contribution in [2.24, 2.45) is 0 Å². The molecule has 0 radical (unpaired) electrons. The molecular weight excluding hydrogens is 323 g/mol. The summed E-state index contributed by atoms with van der Waals surface area (Å²) in [7, 11) is 0. The Morgan fingerprint density at radius 3 is 2.29 bits per heavy atom. The largest absolute Gasteiger partial charge is 0.494 e. The number of carbonyl (C=O) groups is 1. The number of rotatable bonds is 6. The lowest BCUT2D eigenvalue weighted by molar-refractivity contribution is -0.122. The number of amides is 1. The first-order valence-corrected chi connectivity index (χ1v) is 7.26. The van der Waals surface area contributed by atoms with Gasteiger partial charge < -0.3 is 14.8 Å². The highest BCUT2D eigenvalue weighted by atomic mass is 19.2. The number of benzene rings is 2. The minimum absolute atomic E-state index is 0.409. The SMILES string of the molecule is CCOc1ccc(OC(C)C(=O)Nc2ccc(F)c(F)c2F)cc1. The number of hydrogen-bond acceptors (Lipinski definition) is 3. The molecule has 0 bridgehead atoms. The van der Waals surface area contributed by atoms with Gasteiger partial charge in [0.25, 0.3) is 5.91 Å². The maximum absolute atomic E-state index is 13.5. The first kappa shape index (κ1) is 17.7. The molecule has 0 aliphatic carbocycles. The smallest absolute Gasteiger partial charge is 0.265 e. The van der Waals surface area contributed by atoms with Crippen molar-refractivity contribution in [3.8, 4) is 11.5 Å². The van der Waals surface area contributed by atoms with Crippen LogP contribution < -0.4 is 14.8 Å². The molecule has 0 fully saturated rings. The predicted octanol–water partition coefficient (Wildman–Crippen LogP) is 3.91. The Morgan fingerprint density at radius 2 is 1.67 bits per heavy atom. The summed E-state index contributed by atoms with van der Waals surface area (Å²) in [6.07, 6.45) is -0.976. The number of hydrogen-bond donors (Lipinski definition) is 1. The van der Waals surface area contributed by atoms with Gasteiger partial charge in [0.15, 0.2) is 23.6 Å². The molecule has 0 saturated carbocycles. The third-order valence-electron chi connectivity index (χ3n) is 3.11. The lowest BCUT2D eigenvalue weighted by Crippen LogP contribution is -2.30. The third kappa shape index (κ3) is 4.18. The quantitative estimate of drug-likeness (QED) is 0.812. The fraction of sp³-hybridized carbons (Fsp3) is 0.235. The summed E-state index contributed by atoms with van der Waals surface area (Å²) < 4.78 is 50.3. The second kappa shape index (κ2) is 7.72. The minimum Gasteiger partial charge on any atom is -0.494 e. The van der Waals surface area contributed by atoms with Crippen LogP contribution in [0.2, 0.25) is 0 Å². The van der Waals surface area contributed by atoms with Crippen LogP contribution in [0, 0.1) is 17.5 Å². The Morgan fingerprint density at radius 1 is 1.04 bits per heavy atom. The van der Waals surface area contributed by atoms with Crippen LogP contribution in [0.1, 0.15) is 13.8 Å². The molecule has 7 heteroatoms. The van der Waals surface area contributed by atoms with Crippen LogP contribution >= 0.6 is 0 Å². The van der Waals surface area contributed by atoms with Gasteiger partial charge in [-0.3, -0.25) is 4.79 Å². The summed E-state index contributed by atoms with van der Waals surface area (Å²) in [6.45, 7) is 3.83. The predicted molar refractivity (Wildman–Crippen MR) is 82.6 cm³/mol. The van der Waals surface area contributed by atoms with Crippen LogP contribution in [-0.4, -0.2) is 18.6 Å². The van der Waals surface area contributed by atoms with Gasteiger partial charge in [-0.2, -0.15) is 0 Å². The number of nitrogens with one attached hydrogen (secondary N) is 1. The fourth-order valence-corrected chi connectivity index (χ4v) is 1.90. The lowest BCUT2D eigenvalue weighted by atomic mass is 10.2. The molecule has 0 heterocycles. The Hall–Kier alpha value is -2.70. The zero-order valence-corrected chi connectivity index (χ0v) is 13.1. The summed E-state index contributed by atoms with van der Waals surface area (Å²) in [5.41, 5.74) is -0.457. The summed E-state index contributed by atoms with van der Waals surface area (Å²) in [5.74, 6) is -4.07. The fourth-order valence-electron chi connectivity index (χ4n) is 1.90. The maximum Gasteiger partial charge on any atom is 0.265 e. The van der Waals surface area contributed by atoms with Crippen molar-refractivity contribution >= 4 is 11.6 Å². The molecular formula is C17H16F3NO3. The van der Waals surface area contributed by atoms with Gasteiger partial charge in [-0.25, -0.2) is 13.2 Å². The van der Waals surface area contributed by atoms with Crippen LogP contribution in [-0.2, 0) is 4.79 Å². The molecule has 0 spiro atoms. The van der Waals surface area contributed by atoms with Crippen molar-refractivity contribution in [2.45, 2.75) is 20.0 Å². The van der Waals surface area contributed by atoms with Gasteiger partial charge in [-0.15, -0.1) is 0 Å². The maximum atomic E-state index is 13.5. The minimum atomic E-state index is -1.65. The van der Waals surface area contributed by atoms with E-state index in [0.717, 1.165) is 12.1 Å². The highest BCUT2D eigenvalue weighted by Gasteiger charge is 2.19. The summed E-state index contributed by atoms with van der Waals surface area (Å²) in [4.78, 5) is 12.0. The average molecular weight is 339 g/mol. The van der Waals surface area contributed by atoms with E-state index in [2.05, 4.69) is 5.32 Å². The van der Waals surface area contributed by atoms with E-state index in [1.165, 1.54) is 6.92 Å². The van der Waals surface area contributed by atoms with Gasteiger partial charge in [0.2, 0.25) is 0 Å². The number of halogens is 3.